The van der Waals surface area contributed by atoms with Crippen LogP contribution in [0.3, 0.4) is 0 Å². The van der Waals surface area contributed by atoms with Crippen molar-refractivity contribution in [1.82, 2.24) is 5.32 Å². The third-order valence-corrected chi connectivity index (χ3v) is 2.34. The highest BCUT2D eigenvalue weighted by Gasteiger charge is 2.13. The van der Waals surface area contributed by atoms with Crippen LogP contribution in [0, 0.1) is 6.92 Å². The largest absolute Gasteiger partial charge is 0.507 e. The van der Waals surface area contributed by atoms with Crippen LogP contribution in [0.2, 0.25) is 0 Å². The second-order valence-corrected chi connectivity index (χ2v) is 3.91. The number of hydrogen-bond acceptors (Lipinski definition) is 3. The average molecular weight is 223 g/mol. The maximum atomic E-state index is 11.8. The zero-order valence-corrected chi connectivity index (χ0v) is 9.53. The topological polar surface area (TPSA) is 69.6 Å². The van der Waals surface area contributed by atoms with Crippen LogP contribution in [0.1, 0.15) is 29.3 Å². The summed E-state index contributed by atoms with van der Waals surface area (Å²) in [7, 11) is 0. The van der Waals surface area contributed by atoms with Crippen LogP contribution in [0.5, 0.6) is 5.75 Å². The van der Waals surface area contributed by atoms with E-state index in [9.17, 15) is 9.90 Å². The van der Waals surface area contributed by atoms with Crippen molar-refractivity contribution < 1.29 is 15.0 Å². The summed E-state index contributed by atoms with van der Waals surface area (Å²) in [6.45, 7) is 3.69. The first-order valence-electron chi connectivity index (χ1n) is 5.26. The van der Waals surface area contributed by atoms with Gasteiger partial charge in [-0.2, -0.15) is 0 Å². The van der Waals surface area contributed by atoms with Crippen LogP contribution in [0.25, 0.3) is 0 Å². The Kier molecular flexibility index (Phi) is 4.31. The van der Waals surface area contributed by atoms with Gasteiger partial charge in [-0.05, 0) is 32.4 Å². The van der Waals surface area contributed by atoms with Gasteiger partial charge in [0.15, 0.2) is 0 Å². The molecular weight excluding hydrogens is 206 g/mol. The van der Waals surface area contributed by atoms with E-state index in [0.717, 1.165) is 5.56 Å². The number of carbonyl (C=O) groups excluding carboxylic acids is 1. The normalized spacial score (nSPS) is 12.2. The molecule has 0 aromatic heterocycles. The van der Waals surface area contributed by atoms with Gasteiger partial charge in [0.25, 0.3) is 5.91 Å². The summed E-state index contributed by atoms with van der Waals surface area (Å²) in [5.74, 6) is -0.346. The molecule has 88 valence electrons. The number of aryl methyl sites for hydroxylation is 1. The maximum absolute atomic E-state index is 11.8. The van der Waals surface area contributed by atoms with Gasteiger partial charge < -0.3 is 15.5 Å². The molecule has 16 heavy (non-hydrogen) atoms. The molecule has 4 heteroatoms. The number of aromatic hydroxyl groups is 1. The van der Waals surface area contributed by atoms with Crippen molar-refractivity contribution in [2.75, 3.05) is 6.61 Å². The van der Waals surface area contributed by atoms with Crippen LogP contribution in [0.15, 0.2) is 18.2 Å². The number of amides is 1. The van der Waals surface area contributed by atoms with Gasteiger partial charge in [0, 0.05) is 12.6 Å². The Morgan fingerprint density at radius 2 is 2.19 bits per heavy atom. The molecule has 0 radical (unpaired) electrons. The average Bonchev–Trinajstić information content (AvgIpc) is 2.21. The highest BCUT2D eigenvalue weighted by molar-refractivity contribution is 5.97. The summed E-state index contributed by atoms with van der Waals surface area (Å²) in [5, 5.41) is 21.0. The Balaban J connectivity index is 2.76. The fraction of sp³-hybridized carbons (Fsp3) is 0.417. The summed E-state index contributed by atoms with van der Waals surface area (Å²) in [5.41, 5.74) is 1.18. The lowest BCUT2D eigenvalue weighted by Gasteiger charge is -2.13. The molecule has 1 aromatic rings. The number of hydrogen-bond donors (Lipinski definition) is 3. The summed E-state index contributed by atoms with van der Waals surface area (Å²) in [4.78, 5) is 11.8. The predicted molar refractivity (Wildman–Crippen MR) is 61.5 cm³/mol. The Morgan fingerprint density at radius 1 is 1.50 bits per heavy atom. The van der Waals surface area contributed by atoms with E-state index in [0.29, 0.717) is 6.42 Å². The van der Waals surface area contributed by atoms with Gasteiger partial charge in [0.2, 0.25) is 0 Å². The van der Waals surface area contributed by atoms with Crippen LogP contribution >= 0.6 is 0 Å². The van der Waals surface area contributed by atoms with Gasteiger partial charge in [-0.15, -0.1) is 0 Å². The van der Waals surface area contributed by atoms with E-state index in [1.54, 1.807) is 19.1 Å². The molecule has 1 unspecified atom stereocenters. The first-order valence-corrected chi connectivity index (χ1v) is 5.26. The van der Waals surface area contributed by atoms with E-state index < -0.39 is 0 Å². The molecule has 0 bridgehead atoms. The van der Waals surface area contributed by atoms with E-state index in [1.165, 1.54) is 6.07 Å². The molecule has 0 saturated heterocycles. The van der Waals surface area contributed by atoms with Crippen molar-refractivity contribution in [1.29, 1.82) is 0 Å². The monoisotopic (exact) mass is 223 g/mol. The molecule has 0 heterocycles. The van der Waals surface area contributed by atoms with Crippen LogP contribution in [-0.4, -0.2) is 28.8 Å². The van der Waals surface area contributed by atoms with Gasteiger partial charge in [-0.3, -0.25) is 4.79 Å². The smallest absolute Gasteiger partial charge is 0.255 e. The minimum atomic E-state index is -0.317. The van der Waals surface area contributed by atoms with E-state index >= 15 is 0 Å². The van der Waals surface area contributed by atoms with E-state index in [4.69, 9.17) is 5.11 Å². The van der Waals surface area contributed by atoms with Crippen LogP contribution < -0.4 is 5.32 Å². The second-order valence-electron chi connectivity index (χ2n) is 3.91. The number of carbonyl (C=O) groups is 1. The number of rotatable bonds is 4. The number of aliphatic hydroxyl groups excluding tert-OH is 1. The predicted octanol–water partition coefficient (Wildman–Crippen LogP) is 1.20. The quantitative estimate of drug-likeness (QED) is 0.718. The molecule has 0 fully saturated rings. The summed E-state index contributed by atoms with van der Waals surface area (Å²) >= 11 is 0. The summed E-state index contributed by atoms with van der Waals surface area (Å²) < 4.78 is 0. The Bertz CT molecular complexity index is 377. The van der Waals surface area contributed by atoms with E-state index in [2.05, 4.69) is 5.32 Å². The molecular formula is C12H17NO3. The minimum Gasteiger partial charge on any atom is -0.507 e. The van der Waals surface area contributed by atoms with Gasteiger partial charge in [0.05, 0.1) is 5.56 Å². The number of aliphatic hydroxyl groups is 1. The molecule has 3 N–H and O–H groups in total. The van der Waals surface area contributed by atoms with Gasteiger partial charge in [-0.1, -0.05) is 11.6 Å². The standard InChI is InChI=1S/C12H17NO3/c1-8-3-4-11(15)10(7-8)12(16)13-9(2)5-6-14/h3-4,7,9,14-15H,5-6H2,1-2H3,(H,13,16). The van der Waals surface area contributed by atoms with Crippen molar-refractivity contribution in [2.45, 2.75) is 26.3 Å². The highest BCUT2D eigenvalue weighted by atomic mass is 16.3. The molecule has 0 saturated carbocycles. The first-order chi connectivity index (χ1) is 7.54. The van der Waals surface area contributed by atoms with E-state index in [-0.39, 0.29) is 29.9 Å². The molecule has 1 rings (SSSR count). The number of phenols is 1. The molecule has 1 amide bonds. The van der Waals surface area contributed by atoms with Gasteiger partial charge in [0.1, 0.15) is 5.75 Å². The molecule has 0 aliphatic heterocycles. The second kappa shape index (κ2) is 5.51. The lowest BCUT2D eigenvalue weighted by molar-refractivity contribution is 0.0931. The molecule has 0 aliphatic rings. The molecule has 0 spiro atoms. The lowest BCUT2D eigenvalue weighted by atomic mass is 10.1. The van der Waals surface area contributed by atoms with E-state index in [1.807, 2.05) is 6.92 Å². The number of benzene rings is 1. The van der Waals surface area contributed by atoms with Crippen molar-refractivity contribution in [3.63, 3.8) is 0 Å². The lowest BCUT2D eigenvalue weighted by Crippen LogP contribution is -2.33. The maximum Gasteiger partial charge on any atom is 0.255 e. The van der Waals surface area contributed by atoms with Crippen molar-refractivity contribution in [2.24, 2.45) is 0 Å². The van der Waals surface area contributed by atoms with Crippen molar-refractivity contribution >= 4 is 5.91 Å². The van der Waals surface area contributed by atoms with Crippen LogP contribution in [0.4, 0.5) is 0 Å². The third kappa shape index (κ3) is 3.24. The Morgan fingerprint density at radius 3 is 2.81 bits per heavy atom. The number of nitrogens with one attached hydrogen (secondary N) is 1. The van der Waals surface area contributed by atoms with Crippen molar-refractivity contribution in [3.8, 4) is 5.75 Å². The van der Waals surface area contributed by atoms with Crippen molar-refractivity contribution in [3.05, 3.63) is 29.3 Å². The first kappa shape index (κ1) is 12.5. The minimum absolute atomic E-state index is 0.0284. The molecule has 0 aliphatic carbocycles. The third-order valence-electron chi connectivity index (χ3n) is 2.34. The van der Waals surface area contributed by atoms with Crippen LogP contribution in [-0.2, 0) is 0 Å². The van der Waals surface area contributed by atoms with Gasteiger partial charge in [-0.25, -0.2) is 0 Å². The molecule has 1 atom stereocenters. The number of phenolic OH excluding ortho intramolecular Hbond substituents is 1. The molecule has 4 nitrogen and oxygen atoms in total. The fourth-order valence-electron chi connectivity index (χ4n) is 1.40. The summed E-state index contributed by atoms with van der Waals surface area (Å²) in [6.07, 6.45) is 0.498. The Labute approximate surface area is 94.9 Å². The highest BCUT2D eigenvalue weighted by Crippen LogP contribution is 2.18. The Hall–Kier alpha value is -1.55. The zero-order chi connectivity index (χ0) is 12.1. The summed E-state index contributed by atoms with van der Waals surface area (Å²) in [6, 6.07) is 4.76. The molecule has 1 aromatic carbocycles. The fourth-order valence-corrected chi connectivity index (χ4v) is 1.40. The SMILES string of the molecule is Cc1ccc(O)c(C(=O)NC(C)CCO)c1. The van der Waals surface area contributed by atoms with Gasteiger partial charge >= 0.3 is 0 Å². The zero-order valence-electron chi connectivity index (χ0n) is 9.53.